The number of β-amino-alcohol motifs (C(OH)–C–C–N with tert-alkyl or cyclic N) is 1. The van der Waals surface area contributed by atoms with E-state index in [-0.39, 0.29) is 58.3 Å². The molecule has 4 saturated heterocycles. The number of aromatic nitrogens is 21. The van der Waals surface area contributed by atoms with Crippen molar-refractivity contribution in [1.29, 1.82) is 0 Å². The van der Waals surface area contributed by atoms with Crippen molar-refractivity contribution in [1.82, 2.24) is 105 Å². The molecule has 754 valence electrons. The van der Waals surface area contributed by atoms with Crippen molar-refractivity contribution in [2.24, 2.45) is 37.8 Å². The van der Waals surface area contributed by atoms with E-state index < -0.39 is 71.4 Å². The first kappa shape index (κ1) is 96.5. The minimum absolute atomic E-state index is 0. The third kappa shape index (κ3) is 22.5. The van der Waals surface area contributed by atoms with Crippen LogP contribution < -0.4 is 40.9 Å². The summed E-state index contributed by atoms with van der Waals surface area (Å²) in [6, 6.07) is 41.6. The van der Waals surface area contributed by atoms with Crippen molar-refractivity contribution in [3.05, 3.63) is 185 Å². The Bertz CT molecular complexity index is 7030. The number of anilines is 12. The summed E-state index contributed by atoms with van der Waals surface area (Å²) in [6.07, 6.45) is -7.30. The van der Waals surface area contributed by atoms with Gasteiger partial charge in [-0.25, -0.2) is 63.0 Å². The number of halogens is 12. The number of rotatable bonds is 28. The van der Waals surface area contributed by atoms with Crippen LogP contribution in [-0.4, -0.2) is 197 Å². The second kappa shape index (κ2) is 38.0. The van der Waals surface area contributed by atoms with Crippen LogP contribution in [0.1, 0.15) is 120 Å². The first-order valence-corrected chi connectivity index (χ1v) is 49.2. The zero-order valence-corrected chi connectivity index (χ0v) is 80.7. The molecule has 8 fully saturated rings. The Kier molecular flexibility index (Phi) is 25.8. The smallest absolute Gasteiger partial charge is 0.386 e. The number of nitrogens with one attached hydrogen (secondary N) is 8. The number of hydrogen-bond donors (Lipinski definition) is 9. The number of fused-ring (bicyclic) bond motifs is 3. The average Bonchev–Trinajstić information content (AvgIpc) is 1.62. The van der Waals surface area contributed by atoms with Crippen molar-refractivity contribution < 1.29 is 72.6 Å². The molecule has 15 heterocycles. The molecule has 0 unspecified atom stereocenters. The van der Waals surface area contributed by atoms with Crippen LogP contribution in [0.5, 0.6) is 0 Å². The van der Waals surface area contributed by atoms with Gasteiger partial charge < -0.3 is 55.1 Å². The molecule has 11 aromatic heterocycles. The zero-order chi connectivity index (χ0) is 99.3. The molecule has 4 saturated carbocycles. The van der Waals surface area contributed by atoms with Crippen LogP contribution in [0.25, 0.3) is 33.0 Å². The molecule has 0 spiro atoms. The highest BCUT2D eigenvalue weighted by atomic mass is 32.2. The molecule has 23 rings (SSSR count). The number of alkyl halides is 12. The fraction of sp³-hybridized carbons (Fsp3) is 0.389. The van der Waals surface area contributed by atoms with Gasteiger partial charge in [0.05, 0.1) is 86.4 Å². The van der Waals surface area contributed by atoms with Gasteiger partial charge in [0.25, 0.3) is 0 Å². The summed E-state index contributed by atoms with van der Waals surface area (Å²) in [6.45, 7) is 12.5. The fourth-order valence-corrected chi connectivity index (χ4v) is 20.8. The third-order valence-corrected chi connectivity index (χ3v) is 29.1. The summed E-state index contributed by atoms with van der Waals surface area (Å²) in [5, 5.41) is 54.7. The molecule has 0 amide bonds. The Morgan fingerprint density at radius 1 is 0.387 bits per heavy atom. The number of aryl methyl sites for hydroxylation is 7. The highest BCUT2D eigenvalue weighted by molar-refractivity contribution is 8.00. The molecule has 4 aliphatic heterocycles. The number of benzene rings is 4. The fourth-order valence-electron chi connectivity index (χ4n) is 17.6. The second-order valence-electron chi connectivity index (χ2n) is 37.5. The van der Waals surface area contributed by atoms with Gasteiger partial charge in [0.1, 0.15) is 74.9 Å². The number of hydrogen-bond acceptors (Lipinski definition) is 29. The Morgan fingerprint density at radius 2 is 0.711 bits per heavy atom. The van der Waals surface area contributed by atoms with Gasteiger partial charge in [0, 0.05) is 139 Å². The molecule has 15 aromatic rings. The maximum atomic E-state index is 15.0. The standard InChI is InChI=1S/C25H26F4N6OS.C24H24FN7S.C23H22F4N8S.C23H23F3N8OS.7H2/c1-15-10-21(34-33-15)30-20-12-22(35-13-24(26,14-35)17-4-5-17)32-23(31-20)37-19-6-2-16(3-7-19)11-18(36)8-9-25(27,28)29;1-14-3-4-16-10-18(7-8-19(16)26-14)33-23-28-20(27-21-9-15(2)30-31-21)11-22(29-23)32-12-24(25,13-32)17-5-6-17;1-12-7-18(33-32-12)29-17-9-19(35-10-22(24,11-35)13-3-4-13)31-21(30-17)36-14-5-6-15-16(8-14)34(2)20(28-15)23(25,26)27;1-12-7-18(32-31-12)28-17-9-19(34-10-22(35,11-34)13-3-4-13)30-21(29-17)36-14-5-6-15-16(8-14)33(2)20(27-15)23(24,25)26;;;;;;;/h2-3,6-7,10,12,17H,4-5,8-9,11,13-14H2,1H3,(H2,30,31,32,33,34);3-4,7-11,17H,5-6,12-13H2,1-2H3,(H2,27,28,29,30,31);5-9,13H,3-4,10-11H2,1-2H3,(H2,29,30,31,32,33);5-9,13,35H,3-4,10-11H2,1-2H3,(H2,28,29,30,31,32);7*1H. The lowest BCUT2D eigenvalue weighted by Crippen LogP contribution is -2.63. The molecule has 31 nitrogen and oxygen atoms in total. The first-order chi connectivity index (χ1) is 67.6. The van der Waals surface area contributed by atoms with Gasteiger partial charge in [-0.3, -0.25) is 30.2 Å². The maximum absolute atomic E-state index is 15.0. The molecule has 0 atom stereocenters. The summed E-state index contributed by atoms with van der Waals surface area (Å²) >= 11 is 5.23. The van der Waals surface area contributed by atoms with E-state index in [2.05, 4.69) is 119 Å². The number of aromatic amines is 4. The molecule has 0 radical (unpaired) electrons. The lowest BCUT2D eigenvalue weighted by Gasteiger charge is -2.47. The van der Waals surface area contributed by atoms with Crippen LogP contribution in [0.4, 0.5) is 122 Å². The highest BCUT2D eigenvalue weighted by Crippen LogP contribution is 2.53. The van der Waals surface area contributed by atoms with Crippen LogP contribution >= 0.6 is 47.0 Å². The van der Waals surface area contributed by atoms with E-state index in [0.717, 1.165) is 115 Å². The Hall–Kier alpha value is -13.0. The van der Waals surface area contributed by atoms with Crippen LogP contribution in [0.2, 0.25) is 0 Å². The number of imidazole rings is 2. The molecule has 9 N–H and O–H groups in total. The zero-order valence-electron chi connectivity index (χ0n) is 77.4. The molecular weight excluding hydrogens is 1940 g/mol. The number of ketones is 1. The van der Waals surface area contributed by atoms with Crippen molar-refractivity contribution in [2.75, 3.05) is 93.2 Å². The van der Waals surface area contributed by atoms with Gasteiger partial charge in [-0.2, -0.15) is 59.9 Å². The van der Waals surface area contributed by atoms with E-state index in [1.165, 1.54) is 61.1 Å². The number of aliphatic hydroxyl groups is 1. The number of Topliss-reactive ketones (excluding diaryl/α,β-unsaturated/α-hetero) is 1. The Balaban J connectivity index is 0.000000163. The Morgan fingerprint density at radius 3 is 1.04 bits per heavy atom. The van der Waals surface area contributed by atoms with E-state index in [9.17, 15) is 62.6 Å². The molecule has 0 bridgehead atoms. The number of pyridine rings is 1. The van der Waals surface area contributed by atoms with Gasteiger partial charge in [-0.15, -0.1) is 0 Å². The molecule has 4 aliphatic carbocycles. The van der Waals surface area contributed by atoms with Crippen molar-refractivity contribution >= 4 is 156 Å². The normalized spacial score (nSPS) is 17.3. The average molecular weight is 2050 g/mol. The lowest BCUT2D eigenvalue weighted by atomic mass is 9.89. The van der Waals surface area contributed by atoms with E-state index in [4.69, 9.17) is 9.97 Å². The van der Waals surface area contributed by atoms with Crippen LogP contribution in [-0.2, 0) is 37.7 Å². The summed E-state index contributed by atoms with van der Waals surface area (Å²) in [5.41, 5.74) is 3.36. The van der Waals surface area contributed by atoms with Crippen LogP contribution in [0, 0.1) is 58.3 Å². The molecule has 142 heavy (non-hydrogen) atoms. The number of carbonyl (C=O) groups excluding carboxylic acids is 1. The predicted molar refractivity (Wildman–Crippen MR) is 530 cm³/mol. The van der Waals surface area contributed by atoms with Gasteiger partial charge in [0.2, 0.25) is 11.6 Å². The predicted octanol–water partition coefficient (Wildman–Crippen LogP) is 22.2. The van der Waals surface area contributed by atoms with Gasteiger partial charge in [-0.05, 0) is 235 Å². The number of nitrogens with zero attached hydrogens (tertiary/aromatic N) is 21. The van der Waals surface area contributed by atoms with E-state index in [1.807, 2.05) is 103 Å². The molecular formula is C95H109F12N29O2S4. The summed E-state index contributed by atoms with van der Waals surface area (Å²) < 4.78 is 164. The van der Waals surface area contributed by atoms with E-state index in [1.54, 1.807) is 78.9 Å². The summed E-state index contributed by atoms with van der Waals surface area (Å²) in [4.78, 5) is 72.0. The minimum atomic E-state index is -4.55. The maximum Gasteiger partial charge on any atom is 0.449 e. The number of H-pyrrole nitrogens is 4. The SMILES string of the molecule is Cc1cc(Nc2cc(N3CC(F)(C4CC4)C3)nc(Sc3ccc(CC(=O)CCC(F)(F)F)cc3)n2)n[nH]1.Cc1cc(Nc2cc(N3CC(F)(C4CC4)C3)nc(Sc3ccc4nc(C(F)(F)F)n(C)c4c3)n2)n[nH]1.Cc1cc(Nc2cc(N3CC(O)(C4CC4)C3)nc(Sc3ccc4nc(C(F)(F)F)n(C)c4c3)n2)n[nH]1.Cc1ccc2cc(Sc3nc(Nc4cc(C)[nH]n4)cc(N4CC(F)(C5CC5)C4)n3)ccc2n1.[HH].[HH].[HH].[HH].[HH].[HH].[HH]. The van der Waals surface area contributed by atoms with E-state index >= 15 is 0 Å². The lowest BCUT2D eigenvalue weighted by molar-refractivity contribution is -0.147. The minimum Gasteiger partial charge on any atom is -0.386 e. The second-order valence-corrected chi connectivity index (χ2v) is 41.7. The van der Waals surface area contributed by atoms with Crippen LogP contribution in [0.3, 0.4) is 0 Å². The topological polar surface area (TPSA) is 365 Å². The largest absolute Gasteiger partial charge is 0.449 e. The van der Waals surface area contributed by atoms with Crippen molar-refractivity contribution in [2.45, 2.75) is 187 Å². The third-order valence-electron chi connectivity index (χ3n) is 25.7. The monoisotopic (exact) mass is 2040 g/mol. The molecule has 4 aromatic carbocycles. The van der Waals surface area contributed by atoms with Crippen molar-refractivity contribution in [3.8, 4) is 0 Å². The summed E-state index contributed by atoms with van der Waals surface area (Å²) in [5.74, 6) is 5.68. The quantitative estimate of drug-likeness (QED) is 0.0162. The van der Waals surface area contributed by atoms with Crippen LogP contribution in [0.15, 0.2) is 180 Å². The molecule has 8 aliphatic rings. The van der Waals surface area contributed by atoms with Gasteiger partial charge in [-0.1, -0.05) is 18.2 Å². The highest BCUT2D eigenvalue weighted by Gasteiger charge is 2.58. The van der Waals surface area contributed by atoms with E-state index in [0.29, 0.717) is 156 Å². The summed E-state index contributed by atoms with van der Waals surface area (Å²) in [7, 11) is 2.69. The van der Waals surface area contributed by atoms with Gasteiger partial charge >= 0.3 is 18.5 Å². The van der Waals surface area contributed by atoms with Gasteiger partial charge in [0.15, 0.2) is 43.9 Å². The van der Waals surface area contributed by atoms with Crippen molar-refractivity contribution in [3.63, 3.8) is 0 Å². The number of carbonyl (C=O) groups is 1. The first-order valence-electron chi connectivity index (χ1n) is 46.0. The Labute approximate surface area is 831 Å². The molecule has 47 heteroatoms.